The van der Waals surface area contributed by atoms with Crippen molar-refractivity contribution in [2.24, 2.45) is 0 Å². The Morgan fingerprint density at radius 1 is 1.41 bits per heavy atom. The molecule has 2 nitrogen and oxygen atoms in total. The van der Waals surface area contributed by atoms with Crippen LogP contribution in [0.1, 0.15) is 22.8 Å². The molecule has 0 aliphatic carbocycles. The van der Waals surface area contributed by atoms with Crippen LogP contribution in [0, 0.1) is 0 Å². The third kappa shape index (κ3) is 3.39. The van der Waals surface area contributed by atoms with Crippen LogP contribution >= 0.6 is 11.8 Å². The molecule has 1 rings (SSSR count). The molecular weight excluding hydrogens is 253 g/mol. The van der Waals surface area contributed by atoms with Gasteiger partial charge in [0.1, 0.15) is 0 Å². The number of methoxy groups -OCH3 is 1. The Hall–Kier alpha value is -1.17. The van der Waals surface area contributed by atoms with Crippen LogP contribution < -0.4 is 0 Å². The minimum atomic E-state index is -4.56. The highest BCUT2D eigenvalue weighted by molar-refractivity contribution is 7.99. The summed E-state index contributed by atoms with van der Waals surface area (Å²) in [5.41, 5.74) is -1.41. The van der Waals surface area contributed by atoms with Crippen LogP contribution in [0.2, 0.25) is 0 Å². The molecule has 94 valence electrons. The predicted molar refractivity (Wildman–Crippen MR) is 59.2 cm³/mol. The van der Waals surface area contributed by atoms with E-state index < -0.39 is 23.3 Å². The quantitative estimate of drug-likeness (QED) is 0.616. The third-order valence-corrected chi connectivity index (χ3v) is 2.89. The van der Waals surface area contributed by atoms with Gasteiger partial charge in [-0.15, -0.1) is 11.8 Å². The van der Waals surface area contributed by atoms with Gasteiger partial charge in [0.2, 0.25) is 0 Å². The highest BCUT2D eigenvalue weighted by Gasteiger charge is 2.35. The Kier molecular flexibility index (Phi) is 4.45. The maximum absolute atomic E-state index is 12.7. The van der Waals surface area contributed by atoms with Gasteiger partial charge in [0.25, 0.3) is 0 Å². The summed E-state index contributed by atoms with van der Waals surface area (Å²) >= 11 is 1.28. The maximum atomic E-state index is 12.7. The average Bonchev–Trinajstić information content (AvgIpc) is 2.27. The average molecular weight is 264 g/mol. The molecule has 0 N–H and O–H groups in total. The van der Waals surface area contributed by atoms with E-state index in [0.717, 1.165) is 19.2 Å². The number of hydrogen-bond acceptors (Lipinski definition) is 3. The number of esters is 1. The summed E-state index contributed by atoms with van der Waals surface area (Å²) in [7, 11) is 1.05. The van der Waals surface area contributed by atoms with E-state index >= 15 is 0 Å². The molecule has 0 aliphatic rings. The minimum Gasteiger partial charge on any atom is -0.465 e. The fourth-order valence-corrected chi connectivity index (χ4v) is 2.00. The molecule has 0 amide bonds. The summed E-state index contributed by atoms with van der Waals surface area (Å²) in [4.78, 5) is 11.7. The van der Waals surface area contributed by atoms with Gasteiger partial charge in [0, 0.05) is 4.90 Å². The van der Waals surface area contributed by atoms with Crippen molar-refractivity contribution in [3.8, 4) is 0 Å². The fraction of sp³-hybridized carbons (Fsp3) is 0.364. The monoisotopic (exact) mass is 264 g/mol. The number of ether oxygens (including phenoxy) is 1. The number of hydrogen-bond donors (Lipinski definition) is 0. The fourth-order valence-electron chi connectivity index (χ4n) is 1.30. The molecule has 17 heavy (non-hydrogen) atoms. The Morgan fingerprint density at radius 3 is 2.53 bits per heavy atom. The molecule has 0 bridgehead atoms. The van der Waals surface area contributed by atoms with Crippen LogP contribution in [0.3, 0.4) is 0 Å². The minimum absolute atomic E-state index is 0.458. The van der Waals surface area contributed by atoms with Crippen LogP contribution in [0.15, 0.2) is 23.1 Å². The first kappa shape index (κ1) is 13.9. The second-order valence-corrected chi connectivity index (χ2v) is 4.47. The predicted octanol–water partition coefficient (Wildman–Crippen LogP) is 3.60. The lowest BCUT2D eigenvalue weighted by atomic mass is 10.1. The molecule has 0 atom stereocenters. The van der Waals surface area contributed by atoms with Crippen molar-refractivity contribution >= 4 is 17.7 Å². The highest BCUT2D eigenvalue weighted by atomic mass is 32.2. The van der Waals surface area contributed by atoms with Crippen LogP contribution in [0.25, 0.3) is 0 Å². The smallest absolute Gasteiger partial charge is 0.417 e. The van der Waals surface area contributed by atoms with E-state index in [4.69, 9.17) is 0 Å². The normalized spacial score (nSPS) is 11.4. The summed E-state index contributed by atoms with van der Waals surface area (Å²) in [6, 6.07) is 3.60. The number of carbonyl (C=O) groups is 1. The van der Waals surface area contributed by atoms with Crippen molar-refractivity contribution in [3.63, 3.8) is 0 Å². The van der Waals surface area contributed by atoms with E-state index in [1.807, 2.05) is 6.92 Å². The number of alkyl halides is 3. The van der Waals surface area contributed by atoms with Gasteiger partial charge in [0.15, 0.2) is 0 Å². The van der Waals surface area contributed by atoms with Crippen LogP contribution in [-0.4, -0.2) is 18.8 Å². The van der Waals surface area contributed by atoms with Gasteiger partial charge in [-0.1, -0.05) is 6.92 Å². The lowest BCUT2D eigenvalue weighted by Gasteiger charge is -2.12. The topological polar surface area (TPSA) is 26.3 Å². The lowest BCUT2D eigenvalue weighted by molar-refractivity contribution is -0.138. The van der Waals surface area contributed by atoms with E-state index in [0.29, 0.717) is 10.6 Å². The van der Waals surface area contributed by atoms with E-state index in [-0.39, 0.29) is 0 Å². The van der Waals surface area contributed by atoms with Gasteiger partial charge in [-0.3, -0.25) is 0 Å². The molecule has 1 aromatic rings. The summed E-state index contributed by atoms with van der Waals surface area (Å²) in [5.74, 6) is -0.320. The van der Waals surface area contributed by atoms with Gasteiger partial charge in [-0.2, -0.15) is 13.2 Å². The molecule has 0 radical (unpaired) electrons. The third-order valence-electron chi connectivity index (χ3n) is 2.01. The largest absolute Gasteiger partial charge is 0.465 e. The second-order valence-electron chi connectivity index (χ2n) is 3.13. The van der Waals surface area contributed by atoms with Gasteiger partial charge in [-0.25, -0.2) is 4.79 Å². The Balaban J connectivity index is 3.27. The molecular formula is C11H11F3O2S. The van der Waals surface area contributed by atoms with Crippen molar-refractivity contribution < 1.29 is 22.7 Å². The van der Waals surface area contributed by atoms with E-state index in [2.05, 4.69) is 4.74 Å². The van der Waals surface area contributed by atoms with E-state index in [1.165, 1.54) is 17.8 Å². The molecule has 0 aromatic heterocycles. The molecule has 0 spiro atoms. The number of halogens is 3. The number of benzene rings is 1. The Bertz CT molecular complexity index is 416. The molecule has 6 heteroatoms. The summed E-state index contributed by atoms with van der Waals surface area (Å²) in [6.07, 6.45) is -4.56. The second kappa shape index (κ2) is 5.44. The molecule has 0 fully saturated rings. The van der Waals surface area contributed by atoms with Crippen molar-refractivity contribution in [1.82, 2.24) is 0 Å². The van der Waals surface area contributed by atoms with Crippen molar-refractivity contribution in [2.75, 3.05) is 12.9 Å². The molecule has 1 aromatic carbocycles. The molecule has 0 saturated carbocycles. The van der Waals surface area contributed by atoms with E-state index in [9.17, 15) is 18.0 Å². The zero-order valence-electron chi connectivity index (χ0n) is 9.30. The number of rotatable bonds is 3. The lowest BCUT2D eigenvalue weighted by Crippen LogP contribution is -2.14. The van der Waals surface area contributed by atoms with Gasteiger partial charge >= 0.3 is 12.1 Å². The maximum Gasteiger partial charge on any atom is 0.417 e. The first-order valence-electron chi connectivity index (χ1n) is 4.82. The molecule has 0 saturated heterocycles. The Labute approximate surface area is 101 Å². The van der Waals surface area contributed by atoms with E-state index in [1.54, 1.807) is 0 Å². The summed E-state index contributed by atoms with van der Waals surface area (Å²) in [5, 5.41) is 0. The number of thioether (sulfide) groups is 1. The van der Waals surface area contributed by atoms with Crippen LogP contribution in [0.5, 0.6) is 0 Å². The first-order chi connectivity index (χ1) is 7.90. The standard InChI is InChI=1S/C11H11F3O2S/c1-3-17-7-4-5-8(10(15)16-2)9(6-7)11(12,13)14/h4-6H,3H2,1-2H3. The van der Waals surface area contributed by atoms with Gasteiger partial charge < -0.3 is 4.74 Å². The van der Waals surface area contributed by atoms with Gasteiger partial charge in [-0.05, 0) is 24.0 Å². The van der Waals surface area contributed by atoms with Gasteiger partial charge in [0.05, 0.1) is 18.2 Å². The van der Waals surface area contributed by atoms with Crippen LogP contribution in [-0.2, 0) is 10.9 Å². The Morgan fingerprint density at radius 2 is 2.06 bits per heavy atom. The molecule has 0 unspecified atom stereocenters. The van der Waals surface area contributed by atoms with Crippen molar-refractivity contribution in [1.29, 1.82) is 0 Å². The number of carbonyl (C=O) groups excluding carboxylic acids is 1. The summed E-state index contributed by atoms with van der Waals surface area (Å²) in [6.45, 7) is 1.84. The van der Waals surface area contributed by atoms with Crippen molar-refractivity contribution in [3.05, 3.63) is 29.3 Å². The summed E-state index contributed by atoms with van der Waals surface area (Å²) < 4.78 is 42.6. The van der Waals surface area contributed by atoms with Crippen LogP contribution in [0.4, 0.5) is 13.2 Å². The van der Waals surface area contributed by atoms with Crippen molar-refractivity contribution in [2.45, 2.75) is 18.0 Å². The zero-order valence-corrected chi connectivity index (χ0v) is 10.1. The molecule has 0 aliphatic heterocycles. The first-order valence-corrected chi connectivity index (χ1v) is 5.81. The SMILES string of the molecule is CCSc1ccc(C(=O)OC)c(C(F)(F)F)c1. The highest BCUT2D eigenvalue weighted by Crippen LogP contribution is 2.35. The zero-order chi connectivity index (χ0) is 13.1. The molecule has 0 heterocycles.